The van der Waals surface area contributed by atoms with Gasteiger partial charge in [-0.2, -0.15) is 5.26 Å². The quantitative estimate of drug-likeness (QED) is 0.748. The van der Waals surface area contributed by atoms with Crippen molar-refractivity contribution in [3.8, 4) is 6.07 Å². The summed E-state index contributed by atoms with van der Waals surface area (Å²) in [6.45, 7) is 10.7. The number of nitrogens with one attached hydrogen (secondary N) is 1. The Labute approximate surface area is 99.8 Å². The fourth-order valence-corrected chi connectivity index (χ4v) is 2.40. The molecule has 0 amide bonds. The minimum Gasteiger partial charge on any atom is -0.303 e. The third-order valence-corrected chi connectivity index (χ3v) is 3.69. The Hall–Kier alpha value is -0.590. The average Bonchev–Trinajstić information content (AvgIpc) is 2.75. The lowest BCUT2D eigenvalue weighted by Gasteiger charge is -2.25. The topological polar surface area (TPSA) is 39.1 Å². The van der Waals surface area contributed by atoms with Crippen LogP contribution in [0.4, 0.5) is 0 Å². The average molecular weight is 223 g/mol. The van der Waals surface area contributed by atoms with Gasteiger partial charge in [0.15, 0.2) is 0 Å². The molecule has 92 valence electrons. The normalized spacial score (nSPS) is 25.2. The molecule has 1 aliphatic rings. The highest BCUT2D eigenvalue weighted by Crippen LogP contribution is 2.20. The van der Waals surface area contributed by atoms with Gasteiger partial charge in [-0.25, -0.2) is 0 Å². The minimum atomic E-state index is -0.348. The van der Waals surface area contributed by atoms with Crippen LogP contribution in [-0.2, 0) is 0 Å². The number of nitriles is 1. The second-order valence-electron chi connectivity index (χ2n) is 5.09. The molecule has 3 heteroatoms. The largest absolute Gasteiger partial charge is 0.303 e. The van der Waals surface area contributed by atoms with Crippen molar-refractivity contribution in [1.82, 2.24) is 10.2 Å². The van der Waals surface area contributed by atoms with Gasteiger partial charge in [-0.3, -0.25) is 5.32 Å². The zero-order valence-electron chi connectivity index (χ0n) is 10.9. The summed E-state index contributed by atoms with van der Waals surface area (Å²) in [4.78, 5) is 2.50. The van der Waals surface area contributed by atoms with Gasteiger partial charge in [0.25, 0.3) is 0 Å². The Morgan fingerprint density at radius 2 is 2.25 bits per heavy atom. The van der Waals surface area contributed by atoms with Crippen molar-refractivity contribution in [3.05, 3.63) is 0 Å². The summed E-state index contributed by atoms with van der Waals surface area (Å²) in [6, 6.07) is 2.39. The molecule has 1 aliphatic heterocycles. The van der Waals surface area contributed by atoms with Crippen molar-refractivity contribution < 1.29 is 0 Å². The Morgan fingerprint density at radius 1 is 1.50 bits per heavy atom. The van der Waals surface area contributed by atoms with Crippen molar-refractivity contribution in [1.29, 1.82) is 5.26 Å². The smallest absolute Gasteiger partial charge is 0.105 e. The van der Waals surface area contributed by atoms with Crippen molar-refractivity contribution in [2.24, 2.45) is 5.92 Å². The monoisotopic (exact) mass is 223 g/mol. The van der Waals surface area contributed by atoms with E-state index in [2.05, 4.69) is 30.1 Å². The maximum absolute atomic E-state index is 9.16. The molecule has 0 aromatic rings. The highest BCUT2D eigenvalue weighted by Gasteiger charge is 2.26. The summed E-state index contributed by atoms with van der Waals surface area (Å²) < 4.78 is 0. The van der Waals surface area contributed by atoms with Gasteiger partial charge in [-0.15, -0.1) is 0 Å². The molecule has 0 aliphatic carbocycles. The number of nitrogens with zero attached hydrogens (tertiary/aromatic N) is 2. The molecule has 3 nitrogen and oxygen atoms in total. The van der Waals surface area contributed by atoms with Crippen LogP contribution < -0.4 is 5.32 Å². The van der Waals surface area contributed by atoms with Crippen molar-refractivity contribution >= 4 is 0 Å². The molecule has 0 bridgehead atoms. The molecule has 1 rings (SSSR count). The summed E-state index contributed by atoms with van der Waals surface area (Å²) in [7, 11) is 0. The highest BCUT2D eigenvalue weighted by atomic mass is 15.1. The molecular formula is C13H25N3. The minimum absolute atomic E-state index is 0.348. The molecule has 0 aromatic carbocycles. The van der Waals surface area contributed by atoms with Crippen LogP contribution in [0, 0.1) is 17.2 Å². The van der Waals surface area contributed by atoms with Crippen LogP contribution in [-0.4, -0.2) is 36.6 Å². The maximum Gasteiger partial charge on any atom is 0.105 e. The maximum atomic E-state index is 9.16. The van der Waals surface area contributed by atoms with E-state index >= 15 is 0 Å². The number of hydrogen-bond donors (Lipinski definition) is 1. The molecule has 0 spiro atoms. The van der Waals surface area contributed by atoms with Gasteiger partial charge in [-0.1, -0.05) is 20.3 Å². The Kier molecular flexibility index (Phi) is 5.24. The SMILES string of the molecule is CCNC(C)(C#N)CCN1CCC(CC)C1. The van der Waals surface area contributed by atoms with Crippen LogP contribution in [0.5, 0.6) is 0 Å². The van der Waals surface area contributed by atoms with Crippen molar-refractivity contribution in [3.63, 3.8) is 0 Å². The van der Waals surface area contributed by atoms with Gasteiger partial charge in [0.1, 0.15) is 5.54 Å². The zero-order valence-corrected chi connectivity index (χ0v) is 10.9. The fraction of sp³-hybridized carbons (Fsp3) is 0.923. The molecule has 1 N–H and O–H groups in total. The summed E-state index contributed by atoms with van der Waals surface area (Å²) in [5.74, 6) is 0.882. The molecule has 0 radical (unpaired) electrons. The van der Waals surface area contributed by atoms with Gasteiger partial charge in [0, 0.05) is 13.1 Å². The molecule has 1 fully saturated rings. The zero-order chi connectivity index (χ0) is 12.0. The summed E-state index contributed by atoms with van der Waals surface area (Å²) in [6.07, 6.45) is 3.55. The van der Waals surface area contributed by atoms with Gasteiger partial charge in [0.05, 0.1) is 6.07 Å². The molecule has 1 heterocycles. The first-order chi connectivity index (χ1) is 7.63. The lowest BCUT2D eigenvalue weighted by Crippen LogP contribution is -2.43. The van der Waals surface area contributed by atoms with E-state index in [4.69, 9.17) is 5.26 Å². The molecule has 1 saturated heterocycles. The van der Waals surface area contributed by atoms with E-state index in [1.54, 1.807) is 0 Å². The molecule has 2 atom stereocenters. The second kappa shape index (κ2) is 6.22. The van der Waals surface area contributed by atoms with Gasteiger partial charge in [0.2, 0.25) is 0 Å². The van der Waals surface area contributed by atoms with E-state index in [1.165, 1.54) is 25.9 Å². The number of rotatable bonds is 6. The van der Waals surface area contributed by atoms with E-state index in [1.807, 2.05) is 6.92 Å². The van der Waals surface area contributed by atoms with E-state index in [0.29, 0.717) is 0 Å². The lowest BCUT2D eigenvalue weighted by molar-refractivity contribution is 0.282. The summed E-state index contributed by atoms with van der Waals surface area (Å²) >= 11 is 0. The molecule has 16 heavy (non-hydrogen) atoms. The first-order valence-corrected chi connectivity index (χ1v) is 6.52. The Morgan fingerprint density at radius 3 is 2.75 bits per heavy atom. The van der Waals surface area contributed by atoms with Crippen LogP contribution in [0.25, 0.3) is 0 Å². The Bertz CT molecular complexity index is 246. The van der Waals surface area contributed by atoms with Crippen molar-refractivity contribution in [2.45, 2.75) is 45.6 Å². The third-order valence-electron chi connectivity index (χ3n) is 3.69. The highest BCUT2D eigenvalue weighted by molar-refractivity contribution is 5.03. The lowest BCUT2D eigenvalue weighted by atomic mass is 9.99. The molecule has 0 saturated carbocycles. The number of likely N-dealkylation sites (tertiary alicyclic amines) is 1. The van der Waals surface area contributed by atoms with Crippen LogP contribution in [0.3, 0.4) is 0 Å². The van der Waals surface area contributed by atoms with Crippen LogP contribution in [0.15, 0.2) is 0 Å². The fourth-order valence-electron chi connectivity index (χ4n) is 2.40. The van der Waals surface area contributed by atoms with Crippen LogP contribution >= 0.6 is 0 Å². The molecule has 2 unspecified atom stereocenters. The standard InChI is InChI=1S/C13H25N3/c1-4-12-6-8-16(10-12)9-7-13(3,11-14)15-5-2/h12,15H,4-10H2,1-3H3. The van der Waals surface area contributed by atoms with E-state index in [0.717, 1.165) is 25.4 Å². The first-order valence-electron chi connectivity index (χ1n) is 6.52. The molecular weight excluding hydrogens is 198 g/mol. The second-order valence-corrected chi connectivity index (χ2v) is 5.09. The predicted octanol–water partition coefficient (Wildman–Crippen LogP) is 2.00. The summed E-state index contributed by atoms with van der Waals surface area (Å²) in [5.41, 5.74) is -0.348. The molecule has 0 aromatic heterocycles. The summed E-state index contributed by atoms with van der Waals surface area (Å²) in [5, 5.41) is 12.4. The van der Waals surface area contributed by atoms with Crippen LogP contribution in [0.2, 0.25) is 0 Å². The number of hydrogen-bond acceptors (Lipinski definition) is 3. The third kappa shape index (κ3) is 3.77. The predicted molar refractivity (Wildman–Crippen MR) is 67.1 cm³/mol. The Balaban J connectivity index is 2.31. The van der Waals surface area contributed by atoms with Gasteiger partial charge in [-0.05, 0) is 38.8 Å². The van der Waals surface area contributed by atoms with Gasteiger partial charge < -0.3 is 4.90 Å². The van der Waals surface area contributed by atoms with E-state index < -0.39 is 0 Å². The van der Waals surface area contributed by atoms with Crippen LogP contribution in [0.1, 0.15) is 40.0 Å². The first kappa shape index (κ1) is 13.5. The van der Waals surface area contributed by atoms with E-state index in [9.17, 15) is 0 Å². The van der Waals surface area contributed by atoms with Crippen molar-refractivity contribution in [2.75, 3.05) is 26.2 Å². The van der Waals surface area contributed by atoms with E-state index in [-0.39, 0.29) is 5.54 Å². The van der Waals surface area contributed by atoms with Gasteiger partial charge >= 0.3 is 0 Å².